The van der Waals surface area contributed by atoms with Crippen LogP contribution in [-0.2, 0) is 0 Å². The molecule has 20 heavy (non-hydrogen) atoms. The van der Waals surface area contributed by atoms with Gasteiger partial charge in [-0.15, -0.1) is 0 Å². The molecule has 0 spiro atoms. The molecule has 3 heteroatoms. The second kappa shape index (κ2) is 5.55. The van der Waals surface area contributed by atoms with Crippen molar-refractivity contribution >= 4 is 11.4 Å². The van der Waals surface area contributed by atoms with Crippen molar-refractivity contribution in [3.05, 3.63) is 17.7 Å². The van der Waals surface area contributed by atoms with Crippen molar-refractivity contribution in [2.45, 2.75) is 65.0 Å². The molecule has 1 aliphatic heterocycles. The summed E-state index contributed by atoms with van der Waals surface area (Å²) in [4.78, 5) is 0. The van der Waals surface area contributed by atoms with E-state index >= 15 is 0 Å². The van der Waals surface area contributed by atoms with E-state index in [2.05, 4.69) is 57.4 Å². The maximum Gasteiger partial charge on any atom is 0.144 e. The highest BCUT2D eigenvalue weighted by Crippen LogP contribution is 2.45. The molecule has 1 aromatic rings. The smallest absolute Gasteiger partial charge is 0.144 e. The molecular weight excluding hydrogens is 248 g/mol. The maximum atomic E-state index is 5.61. The van der Waals surface area contributed by atoms with Crippen molar-refractivity contribution in [2.24, 2.45) is 0 Å². The molecule has 0 amide bonds. The van der Waals surface area contributed by atoms with Gasteiger partial charge in [-0.05, 0) is 51.2 Å². The van der Waals surface area contributed by atoms with Crippen molar-refractivity contribution in [3.63, 3.8) is 0 Å². The third-order valence-electron chi connectivity index (χ3n) is 4.19. The minimum Gasteiger partial charge on any atom is -0.495 e. The van der Waals surface area contributed by atoms with E-state index in [1.807, 2.05) is 0 Å². The second-order valence-corrected chi connectivity index (χ2v) is 6.71. The molecule has 0 bridgehead atoms. The largest absolute Gasteiger partial charge is 0.495 e. The summed E-state index contributed by atoms with van der Waals surface area (Å²) in [5.41, 5.74) is 3.79. The van der Waals surface area contributed by atoms with Gasteiger partial charge < -0.3 is 15.4 Å². The molecule has 1 aromatic carbocycles. The summed E-state index contributed by atoms with van der Waals surface area (Å²) in [6.45, 7) is 11.2. The number of nitrogens with one attached hydrogen (secondary N) is 2. The molecule has 0 fully saturated rings. The van der Waals surface area contributed by atoms with Crippen LogP contribution in [0.25, 0.3) is 0 Å². The van der Waals surface area contributed by atoms with E-state index in [0.29, 0.717) is 12.0 Å². The van der Waals surface area contributed by atoms with Crippen LogP contribution in [0.4, 0.5) is 11.4 Å². The lowest BCUT2D eigenvalue weighted by Gasteiger charge is -2.38. The predicted octanol–water partition coefficient (Wildman–Crippen LogP) is 4.60. The molecular formula is C17H28N2O. The van der Waals surface area contributed by atoms with Gasteiger partial charge >= 0.3 is 0 Å². The summed E-state index contributed by atoms with van der Waals surface area (Å²) in [6, 6.07) is 4.85. The topological polar surface area (TPSA) is 33.3 Å². The zero-order valence-electron chi connectivity index (χ0n) is 13.6. The van der Waals surface area contributed by atoms with Gasteiger partial charge in [-0.1, -0.05) is 13.8 Å². The molecule has 3 nitrogen and oxygen atoms in total. The molecule has 0 saturated carbocycles. The minimum atomic E-state index is 0.116. The maximum absolute atomic E-state index is 5.61. The Morgan fingerprint density at radius 3 is 2.75 bits per heavy atom. The van der Waals surface area contributed by atoms with Crippen LogP contribution in [0, 0.1) is 0 Å². The number of methoxy groups -OCH3 is 1. The molecule has 2 N–H and O–H groups in total. The van der Waals surface area contributed by atoms with Gasteiger partial charge in [0.1, 0.15) is 5.75 Å². The number of ether oxygens (including phenoxy) is 1. The van der Waals surface area contributed by atoms with E-state index in [1.165, 1.54) is 5.56 Å². The first kappa shape index (κ1) is 15.0. The number of anilines is 2. The Labute approximate surface area is 123 Å². The molecule has 0 radical (unpaired) electrons. The quantitative estimate of drug-likeness (QED) is 0.843. The van der Waals surface area contributed by atoms with Gasteiger partial charge in [0.25, 0.3) is 0 Å². The normalized spacial score (nSPS) is 21.6. The fourth-order valence-electron chi connectivity index (χ4n) is 3.06. The first-order chi connectivity index (χ1) is 9.36. The Morgan fingerprint density at radius 1 is 1.45 bits per heavy atom. The summed E-state index contributed by atoms with van der Waals surface area (Å²) >= 11 is 0. The lowest BCUT2D eigenvalue weighted by molar-refractivity contribution is 0.403. The van der Waals surface area contributed by atoms with E-state index in [4.69, 9.17) is 4.74 Å². The molecule has 0 aliphatic carbocycles. The molecule has 1 aliphatic rings. The van der Waals surface area contributed by atoms with E-state index < -0.39 is 0 Å². The van der Waals surface area contributed by atoms with Crippen LogP contribution < -0.4 is 15.4 Å². The lowest BCUT2D eigenvalue weighted by Crippen LogP contribution is -2.36. The van der Waals surface area contributed by atoms with Crippen molar-refractivity contribution in [2.75, 3.05) is 17.7 Å². The van der Waals surface area contributed by atoms with Crippen LogP contribution in [-0.4, -0.2) is 18.7 Å². The van der Waals surface area contributed by atoms with Crippen molar-refractivity contribution in [1.29, 1.82) is 0 Å². The summed E-state index contributed by atoms with van der Waals surface area (Å²) in [5, 5.41) is 7.18. The number of hydrogen-bond donors (Lipinski definition) is 2. The second-order valence-electron chi connectivity index (χ2n) is 6.71. The van der Waals surface area contributed by atoms with Gasteiger partial charge in [-0.2, -0.15) is 0 Å². The van der Waals surface area contributed by atoms with Crippen molar-refractivity contribution in [1.82, 2.24) is 0 Å². The third kappa shape index (κ3) is 3.02. The SMILES string of the molecule is CCC(C)Nc1cc(OC)c2c(c1)C(C)CC(C)(C)N2. The van der Waals surface area contributed by atoms with Gasteiger partial charge in [0.05, 0.1) is 12.8 Å². The molecule has 0 saturated heterocycles. The van der Waals surface area contributed by atoms with Crippen LogP contribution in [0.5, 0.6) is 5.75 Å². The number of benzene rings is 1. The fraction of sp³-hybridized carbons (Fsp3) is 0.647. The predicted molar refractivity (Wildman–Crippen MR) is 87.1 cm³/mol. The van der Waals surface area contributed by atoms with Crippen LogP contribution in [0.15, 0.2) is 12.1 Å². The Balaban J connectivity index is 2.41. The van der Waals surface area contributed by atoms with E-state index in [-0.39, 0.29) is 5.54 Å². The van der Waals surface area contributed by atoms with Gasteiger partial charge in [0.2, 0.25) is 0 Å². The molecule has 2 rings (SSSR count). The minimum absolute atomic E-state index is 0.116. The highest BCUT2D eigenvalue weighted by atomic mass is 16.5. The van der Waals surface area contributed by atoms with Gasteiger partial charge in [-0.25, -0.2) is 0 Å². The summed E-state index contributed by atoms with van der Waals surface area (Å²) in [7, 11) is 1.75. The number of hydrogen-bond acceptors (Lipinski definition) is 3. The highest BCUT2D eigenvalue weighted by molar-refractivity contribution is 5.71. The van der Waals surface area contributed by atoms with Gasteiger partial charge in [0.15, 0.2) is 0 Å². The zero-order valence-corrected chi connectivity index (χ0v) is 13.6. The first-order valence-corrected chi connectivity index (χ1v) is 7.63. The molecule has 1 heterocycles. The summed E-state index contributed by atoms with van der Waals surface area (Å²) in [5.74, 6) is 1.47. The Hall–Kier alpha value is -1.38. The monoisotopic (exact) mass is 276 g/mol. The lowest BCUT2D eigenvalue weighted by atomic mass is 9.81. The van der Waals surface area contributed by atoms with Gasteiger partial charge in [0, 0.05) is 23.3 Å². The average Bonchev–Trinajstić information content (AvgIpc) is 2.37. The van der Waals surface area contributed by atoms with E-state index in [9.17, 15) is 0 Å². The Kier molecular flexibility index (Phi) is 4.17. The molecule has 2 atom stereocenters. The van der Waals surface area contributed by atoms with E-state index in [0.717, 1.165) is 30.0 Å². The first-order valence-electron chi connectivity index (χ1n) is 7.63. The average molecular weight is 276 g/mol. The third-order valence-corrected chi connectivity index (χ3v) is 4.19. The van der Waals surface area contributed by atoms with Crippen LogP contribution >= 0.6 is 0 Å². The van der Waals surface area contributed by atoms with Crippen molar-refractivity contribution < 1.29 is 4.74 Å². The van der Waals surface area contributed by atoms with Crippen LogP contribution in [0.1, 0.15) is 58.9 Å². The van der Waals surface area contributed by atoms with Crippen molar-refractivity contribution in [3.8, 4) is 5.75 Å². The summed E-state index contributed by atoms with van der Waals surface area (Å²) in [6.07, 6.45) is 2.25. The Bertz CT molecular complexity index is 482. The highest BCUT2D eigenvalue weighted by Gasteiger charge is 2.31. The fourth-order valence-corrected chi connectivity index (χ4v) is 3.06. The number of fused-ring (bicyclic) bond motifs is 1. The molecule has 112 valence electrons. The van der Waals surface area contributed by atoms with Crippen LogP contribution in [0.3, 0.4) is 0 Å². The summed E-state index contributed by atoms with van der Waals surface area (Å²) < 4.78 is 5.61. The molecule has 0 aromatic heterocycles. The molecule has 2 unspecified atom stereocenters. The Morgan fingerprint density at radius 2 is 2.15 bits per heavy atom. The van der Waals surface area contributed by atoms with Gasteiger partial charge in [-0.3, -0.25) is 0 Å². The standard InChI is InChI=1S/C17H28N2O/c1-7-12(3)18-13-8-14-11(2)10-17(4,5)19-16(14)15(9-13)20-6/h8-9,11-12,18-19H,7,10H2,1-6H3. The van der Waals surface area contributed by atoms with E-state index in [1.54, 1.807) is 7.11 Å². The zero-order chi connectivity index (χ0) is 14.9. The number of rotatable bonds is 4. The van der Waals surface area contributed by atoms with Crippen LogP contribution in [0.2, 0.25) is 0 Å².